The van der Waals surface area contributed by atoms with E-state index in [4.69, 9.17) is 0 Å². The molecule has 4 heterocycles. The van der Waals surface area contributed by atoms with E-state index in [9.17, 15) is 18.0 Å². The van der Waals surface area contributed by atoms with E-state index in [1.807, 2.05) is 4.68 Å². The van der Waals surface area contributed by atoms with Crippen LogP contribution in [0.5, 0.6) is 0 Å². The minimum Gasteiger partial charge on any atom is -0.335 e. The summed E-state index contributed by atoms with van der Waals surface area (Å²) in [4.78, 5) is 29.8. The van der Waals surface area contributed by atoms with Gasteiger partial charge in [0.05, 0.1) is 22.3 Å². The van der Waals surface area contributed by atoms with Gasteiger partial charge in [-0.05, 0) is 56.4 Å². The Kier molecular flexibility index (Phi) is 6.44. The molecule has 5 rings (SSSR count). The van der Waals surface area contributed by atoms with Crippen LogP contribution in [0, 0.1) is 0 Å². The van der Waals surface area contributed by atoms with Crippen molar-refractivity contribution in [3.05, 3.63) is 47.3 Å². The first kappa shape index (κ1) is 23.0. The summed E-state index contributed by atoms with van der Waals surface area (Å²) in [6.45, 7) is 3.79. The number of hydrogen-bond donors (Lipinski definition) is 0. The molecule has 0 saturated carbocycles. The minimum absolute atomic E-state index is 0.0116. The highest BCUT2D eigenvalue weighted by molar-refractivity contribution is 7.89. The van der Waals surface area contributed by atoms with Gasteiger partial charge in [-0.25, -0.2) is 8.42 Å². The molecule has 3 aliphatic heterocycles. The van der Waals surface area contributed by atoms with E-state index < -0.39 is 10.0 Å². The first-order valence-electron chi connectivity index (χ1n) is 12.2. The molecule has 182 valence electrons. The number of hydrogen-bond acceptors (Lipinski definition) is 5. The van der Waals surface area contributed by atoms with Gasteiger partial charge in [-0.3, -0.25) is 14.3 Å². The lowest BCUT2D eigenvalue weighted by Gasteiger charge is -2.35. The molecule has 2 fully saturated rings. The van der Waals surface area contributed by atoms with Crippen LogP contribution in [0.4, 0.5) is 0 Å². The van der Waals surface area contributed by atoms with E-state index in [-0.39, 0.29) is 16.7 Å². The van der Waals surface area contributed by atoms with Gasteiger partial charge in [-0.1, -0.05) is 6.42 Å². The number of amides is 2. The number of aryl methyl sites for hydroxylation is 1. The van der Waals surface area contributed by atoms with Gasteiger partial charge in [0.25, 0.3) is 11.8 Å². The Morgan fingerprint density at radius 3 is 2.03 bits per heavy atom. The van der Waals surface area contributed by atoms with E-state index in [2.05, 4.69) is 5.10 Å². The maximum absolute atomic E-state index is 13.0. The lowest BCUT2D eigenvalue weighted by atomic mass is 10.1. The third-order valence-corrected chi connectivity index (χ3v) is 9.03. The molecule has 3 aliphatic rings. The molecule has 2 saturated heterocycles. The van der Waals surface area contributed by atoms with Crippen molar-refractivity contribution in [1.82, 2.24) is 23.9 Å². The van der Waals surface area contributed by atoms with Crippen molar-refractivity contribution in [1.29, 1.82) is 0 Å². The molecule has 0 unspecified atom stereocenters. The van der Waals surface area contributed by atoms with Crippen LogP contribution in [0.1, 0.15) is 58.5 Å². The lowest BCUT2D eigenvalue weighted by molar-refractivity contribution is 0.0534. The second kappa shape index (κ2) is 9.50. The first-order chi connectivity index (χ1) is 16.4. The summed E-state index contributed by atoms with van der Waals surface area (Å²) in [6.07, 6.45) is 7.55. The zero-order chi connectivity index (χ0) is 23.7. The largest absolute Gasteiger partial charge is 0.335 e. The Morgan fingerprint density at radius 1 is 0.735 bits per heavy atom. The summed E-state index contributed by atoms with van der Waals surface area (Å²) in [7, 11) is -3.52. The minimum atomic E-state index is -3.52. The lowest BCUT2D eigenvalue weighted by Crippen LogP contribution is -2.50. The zero-order valence-electron chi connectivity index (χ0n) is 19.4. The smallest absolute Gasteiger partial charge is 0.257 e. The molecule has 1 aromatic carbocycles. The molecule has 0 bridgehead atoms. The number of carbonyl (C=O) groups excluding carboxylic acids is 2. The highest BCUT2D eigenvalue weighted by Crippen LogP contribution is 2.23. The van der Waals surface area contributed by atoms with Crippen LogP contribution in [-0.4, -0.2) is 83.4 Å². The predicted molar refractivity (Wildman–Crippen MR) is 126 cm³/mol. The summed E-state index contributed by atoms with van der Waals surface area (Å²) in [5.41, 5.74) is 2.17. The van der Waals surface area contributed by atoms with Crippen molar-refractivity contribution in [3.63, 3.8) is 0 Å². The number of piperazine rings is 1. The normalized spacial score (nSPS) is 19.6. The van der Waals surface area contributed by atoms with E-state index in [0.29, 0.717) is 50.4 Å². The van der Waals surface area contributed by atoms with Gasteiger partial charge in [0, 0.05) is 51.4 Å². The Balaban J connectivity index is 1.20. The second-order valence-electron chi connectivity index (χ2n) is 9.26. The van der Waals surface area contributed by atoms with Crippen molar-refractivity contribution in [3.8, 4) is 0 Å². The van der Waals surface area contributed by atoms with E-state index in [1.54, 1.807) is 28.1 Å². The van der Waals surface area contributed by atoms with Crippen LogP contribution in [0.3, 0.4) is 0 Å². The van der Waals surface area contributed by atoms with Gasteiger partial charge >= 0.3 is 0 Å². The van der Waals surface area contributed by atoms with E-state index in [1.165, 1.54) is 16.4 Å². The maximum atomic E-state index is 13.0. The molecule has 9 nitrogen and oxygen atoms in total. The fraction of sp³-hybridized carbons (Fsp3) is 0.542. The molecule has 0 aliphatic carbocycles. The topological polar surface area (TPSA) is 95.8 Å². The first-order valence-corrected chi connectivity index (χ1v) is 13.6. The third kappa shape index (κ3) is 4.36. The second-order valence-corrected chi connectivity index (χ2v) is 11.2. The molecule has 34 heavy (non-hydrogen) atoms. The number of piperidine rings is 1. The Morgan fingerprint density at radius 2 is 1.35 bits per heavy atom. The number of carbonyl (C=O) groups is 2. The van der Waals surface area contributed by atoms with Gasteiger partial charge < -0.3 is 9.80 Å². The third-order valence-electron chi connectivity index (χ3n) is 7.12. The molecule has 2 aromatic rings. The van der Waals surface area contributed by atoms with E-state index in [0.717, 1.165) is 50.8 Å². The number of aromatic nitrogens is 2. The highest BCUT2D eigenvalue weighted by atomic mass is 32.2. The number of nitrogens with zero attached hydrogens (tertiary/aromatic N) is 5. The van der Waals surface area contributed by atoms with Crippen molar-refractivity contribution in [2.75, 3.05) is 39.3 Å². The molecule has 0 atom stereocenters. The highest BCUT2D eigenvalue weighted by Gasteiger charge is 2.30. The summed E-state index contributed by atoms with van der Waals surface area (Å²) < 4.78 is 29.2. The number of benzene rings is 1. The Hall–Kier alpha value is -2.72. The average molecular weight is 486 g/mol. The molecular weight excluding hydrogens is 454 g/mol. The van der Waals surface area contributed by atoms with Crippen LogP contribution < -0.4 is 0 Å². The molecule has 1 aromatic heterocycles. The maximum Gasteiger partial charge on any atom is 0.257 e. The van der Waals surface area contributed by atoms with Crippen molar-refractivity contribution >= 4 is 21.8 Å². The predicted octanol–water partition coefficient (Wildman–Crippen LogP) is 1.99. The van der Waals surface area contributed by atoms with Crippen LogP contribution in [0.25, 0.3) is 0 Å². The number of rotatable bonds is 4. The molecule has 0 spiro atoms. The van der Waals surface area contributed by atoms with Crippen molar-refractivity contribution < 1.29 is 18.0 Å². The summed E-state index contributed by atoms with van der Waals surface area (Å²) in [5.74, 6) is -0.153. The molecule has 10 heteroatoms. The van der Waals surface area contributed by atoms with Gasteiger partial charge in [0.15, 0.2) is 0 Å². The van der Waals surface area contributed by atoms with E-state index >= 15 is 0 Å². The van der Waals surface area contributed by atoms with Crippen LogP contribution in [0.15, 0.2) is 35.4 Å². The Bertz CT molecular complexity index is 1160. The van der Waals surface area contributed by atoms with Gasteiger partial charge in [-0.2, -0.15) is 9.40 Å². The molecule has 2 amide bonds. The SMILES string of the molecule is O=C(c1ccc(S(=O)(=O)N2CCCCC2)cc1)N1CCN(C(=O)c2cnn3c2CCCC3)CC1. The molecule has 0 N–H and O–H groups in total. The molecular formula is C24H31N5O4S. The Labute approximate surface area is 200 Å². The zero-order valence-corrected chi connectivity index (χ0v) is 20.2. The number of fused-ring (bicyclic) bond motifs is 1. The standard InChI is InChI=1S/C24H31N5O4S/c30-23(19-7-9-20(10-8-19)34(32,33)28-11-3-1-4-12-28)26-14-16-27(17-15-26)24(31)21-18-25-29-13-5-2-6-22(21)29/h7-10,18H,1-6,11-17H2. The van der Waals surface area contributed by atoms with Crippen LogP contribution in [0.2, 0.25) is 0 Å². The summed E-state index contributed by atoms with van der Waals surface area (Å²) in [5, 5.41) is 4.37. The summed E-state index contributed by atoms with van der Waals surface area (Å²) >= 11 is 0. The molecule has 0 radical (unpaired) electrons. The summed E-state index contributed by atoms with van der Waals surface area (Å²) in [6, 6.07) is 6.24. The van der Waals surface area contributed by atoms with Gasteiger partial charge in [0.1, 0.15) is 0 Å². The number of sulfonamides is 1. The van der Waals surface area contributed by atoms with Crippen molar-refractivity contribution in [2.24, 2.45) is 0 Å². The van der Waals surface area contributed by atoms with Crippen LogP contribution in [-0.2, 0) is 23.0 Å². The quantitative estimate of drug-likeness (QED) is 0.660. The fourth-order valence-corrected chi connectivity index (χ4v) is 6.61. The van der Waals surface area contributed by atoms with Crippen LogP contribution >= 0.6 is 0 Å². The average Bonchev–Trinajstić information content (AvgIpc) is 3.33. The van der Waals surface area contributed by atoms with Crippen molar-refractivity contribution in [2.45, 2.75) is 50.0 Å². The fourth-order valence-electron chi connectivity index (χ4n) is 5.09. The van der Waals surface area contributed by atoms with Gasteiger partial charge in [-0.15, -0.1) is 0 Å². The van der Waals surface area contributed by atoms with Gasteiger partial charge in [0.2, 0.25) is 10.0 Å². The monoisotopic (exact) mass is 485 g/mol.